The summed E-state index contributed by atoms with van der Waals surface area (Å²) in [4.78, 5) is 13.4. The van der Waals surface area contributed by atoms with Crippen molar-refractivity contribution in [3.05, 3.63) is 29.3 Å². The van der Waals surface area contributed by atoms with Gasteiger partial charge in [0.1, 0.15) is 17.2 Å². The van der Waals surface area contributed by atoms with Gasteiger partial charge in [-0.2, -0.15) is 5.26 Å². The van der Waals surface area contributed by atoms with Crippen LogP contribution < -0.4 is 4.90 Å². The average Bonchev–Trinajstić information content (AvgIpc) is 3.18. The van der Waals surface area contributed by atoms with Crippen LogP contribution >= 0.6 is 0 Å². The molecule has 0 N–H and O–H groups in total. The number of nitriles is 1. The number of rotatable bonds is 2. The monoisotopic (exact) mass is 242 g/mol. The number of methoxy groups -OCH3 is 1. The first-order valence-electron chi connectivity index (χ1n) is 5.54. The van der Waals surface area contributed by atoms with Crippen LogP contribution in [0.3, 0.4) is 0 Å². The number of ether oxygens (including phenoxy) is 1. The number of hydrogen-bond donors (Lipinski definition) is 0. The van der Waals surface area contributed by atoms with E-state index in [1.807, 2.05) is 4.90 Å². The molecule has 1 saturated heterocycles. The first kappa shape index (κ1) is 10.7. The number of carbonyl (C=O) groups excluding carboxylic acids is 1. The Bertz CT molecular complexity index is 677. The third-order valence-corrected chi connectivity index (χ3v) is 2.94. The van der Waals surface area contributed by atoms with Crippen molar-refractivity contribution in [1.82, 2.24) is 0 Å². The molecule has 1 aromatic carbocycles. The second-order valence-electron chi connectivity index (χ2n) is 4.08. The van der Waals surface area contributed by atoms with Crippen molar-refractivity contribution in [2.45, 2.75) is 0 Å². The Morgan fingerprint density at radius 1 is 1.50 bits per heavy atom. The Hall–Kier alpha value is -2.48. The van der Waals surface area contributed by atoms with Gasteiger partial charge in [0, 0.05) is 18.5 Å². The highest BCUT2D eigenvalue weighted by molar-refractivity contribution is 5.97. The minimum atomic E-state index is -0.421. The van der Waals surface area contributed by atoms with Crippen molar-refractivity contribution >= 4 is 22.8 Å². The fraction of sp³-hybridized carbons (Fsp3) is 0.231. The maximum atomic E-state index is 11.5. The molecule has 18 heavy (non-hydrogen) atoms. The molecule has 0 atom stereocenters. The summed E-state index contributed by atoms with van der Waals surface area (Å²) in [5, 5.41) is 9.87. The zero-order chi connectivity index (χ0) is 12.7. The van der Waals surface area contributed by atoms with Crippen molar-refractivity contribution in [3.63, 3.8) is 0 Å². The summed E-state index contributed by atoms with van der Waals surface area (Å²) >= 11 is 0. The number of esters is 1. The molecule has 1 aliphatic heterocycles. The SMILES string of the molecule is COC(=O)c1ccc2oc(N3CC3)c(C#N)c2c1. The number of anilines is 1. The maximum absolute atomic E-state index is 11.5. The zero-order valence-corrected chi connectivity index (χ0v) is 9.77. The van der Waals surface area contributed by atoms with Crippen LogP contribution in [-0.2, 0) is 4.74 Å². The van der Waals surface area contributed by atoms with Crippen molar-refractivity contribution in [1.29, 1.82) is 5.26 Å². The van der Waals surface area contributed by atoms with Gasteiger partial charge in [0.05, 0.1) is 12.7 Å². The van der Waals surface area contributed by atoms with E-state index in [2.05, 4.69) is 10.8 Å². The molecular formula is C13H10N2O3. The Morgan fingerprint density at radius 2 is 2.28 bits per heavy atom. The fourth-order valence-electron chi connectivity index (χ4n) is 1.91. The maximum Gasteiger partial charge on any atom is 0.337 e. The van der Waals surface area contributed by atoms with E-state index in [1.54, 1.807) is 18.2 Å². The predicted molar refractivity (Wildman–Crippen MR) is 64.5 cm³/mol. The van der Waals surface area contributed by atoms with Gasteiger partial charge >= 0.3 is 5.97 Å². The van der Waals surface area contributed by atoms with Crippen molar-refractivity contribution in [3.8, 4) is 6.07 Å². The molecule has 1 fully saturated rings. The lowest BCUT2D eigenvalue weighted by Gasteiger charge is -1.97. The summed E-state index contributed by atoms with van der Waals surface area (Å²) in [6.07, 6.45) is 0. The lowest BCUT2D eigenvalue weighted by molar-refractivity contribution is 0.0601. The Kier molecular flexibility index (Phi) is 2.23. The van der Waals surface area contributed by atoms with Gasteiger partial charge in [-0.25, -0.2) is 4.79 Å². The molecule has 1 aliphatic rings. The van der Waals surface area contributed by atoms with E-state index < -0.39 is 5.97 Å². The summed E-state index contributed by atoms with van der Waals surface area (Å²) < 4.78 is 10.3. The van der Waals surface area contributed by atoms with E-state index >= 15 is 0 Å². The molecule has 0 aliphatic carbocycles. The van der Waals surface area contributed by atoms with Gasteiger partial charge in [-0.3, -0.25) is 0 Å². The molecule has 5 heteroatoms. The highest BCUT2D eigenvalue weighted by Crippen LogP contribution is 2.35. The topological polar surface area (TPSA) is 66.2 Å². The second-order valence-corrected chi connectivity index (χ2v) is 4.08. The smallest absolute Gasteiger partial charge is 0.337 e. The molecule has 1 aromatic heterocycles. The zero-order valence-electron chi connectivity index (χ0n) is 9.77. The molecule has 90 valence electrons. The van der Waals surface area contributed by atoms with Crippen LogP contribution in [0.2, 0.25) is 0 Å². The highest BCUT2D eigenvalue weighted by atomic mass is 16.5. The van der Waals surface area contributed by atoms with Crippen molar-refractivity contribution in [2.24, 2.45) is 0 Å². The molecule has 0 spiro atoms. The van der Waals surface area contributed by atoms with Gasteiger partial charge < -0.3 is 14.1 Å². The lowest BCUT2D eigenvalue weighted by atomic mass is 10.1. The number of furan rings is 1. The predicted octanol–water partition coefficient (Wildman–Crippen LogP) is 1.91. The summed E-state index contributed by atoms with van der Waals surface area (Å²) in [7, 11) is 1.33. The molecule has 0 saturated carbocycles. The van der Waals surface area contributed by atoms with Crippen LogP contribution in [0, 0.1) is 11.3 Å². The summed E-state index contributed by atoms with van der Waals surface area (Å²) in [6, 6.07) is 7.09. The van der Waals surface area contributed by atoms with E-state index in [9.17, 15) is 10.1 Å². The third-order valence-electron chi connectivity index (χ3n) is 2.94. The molecule has 3 rings (SSSR count). The molecular weight excluding hydrogens is 232 g/mol. The number of hydrogen-bond acceptors (Lipinski definition) is 5. The van der Waals surface area contributed by atoms with Gasteiger partial charge in [0.25, 0.3) is 0 Å². The highest BCUT2D eigenvalue weighted by Gasteiger charge is 2.27. The van der Waals surface area contributed by atoms with E-state index in [0.29, 0.717) is 28.0 Å². The van der Waals surface area contributed by atoms with Gasteiger partial charge in [0.15, 0.2) is 0 Å². The summed E-state index contributed by atoms with van der Waals surface area (Å²) in [5.41, 5.74) is 1.51. The van der Waals surface area contributed by atoms with E-state index in [1.165, 1.54) is 7.11 Å². The van der Waals surface area contributed by atoms with Gasteiger partial charge in [-0.15, -0.1) is 0 Å². The summed E-state index contributed by atoms with van der Waals surface area (Å²) in [5.74, 6) is 0.171. The first-order valence-corrected chi connectivity index (χ1v) is 5.54. The van der Waals surface area contributed by atoms with Crippen LogP contribution in [0.4, 0.5) is 5.88 Å². The van der Waals surface area contributed by atoms with Crippen LogP contribution in [0.1, 0.15) is 15.9 Å². The van der Waals surface area contributed by atoms with Crippen LogP contribution in [0.25, 0.3) is 11.0 Å². The second kappa shape index (κ2) is 3.77. The van der Waals surface area contributed by atoms with Gasteiger partial charge in [-0.1, -0.05) is 0 Å². The molecule has 2 aromatic rings. The molecule has 0 bridgehead atoms. The normalized spacial score (nSPS) is 13.4. The fourth-order valence-corrected chi connectivity index (χ4v) is 1.91. The van der Waals surface area contributed by atoms with Gasteiger partial charge in [-0.05, 0) is 18.2 Å². The number of fused-ring (bicyclic) bond motifs is 1. The third kappa shape index (κ3) is 1.51. The van der Waals surface area contributed by atoms with Crippen LogP contribution in [0.15, 0.2) is 22.6 Å². The van der Waals surface area contributed by atoms with Gasteiger partial charge in [0.2, 0.25) is 5.88 Å². The van der Waals surface area contributed by atoms with E-state index in [-0.39, 0.29) is 0 Å². The number of carbonyl (C=O) groups is 1. The van der Waals surface area contributed by atoms with Crippen molar-refractivity contribution in [2.75, 3.05) is 25.1 Å². The lowest BCUT2D eigenvalue weighted by Crippen LogP contribution is -2.00. The molecule has 0 amide bonds. The van der Waals surface area contributed by atoms with Crippen LogP contribution in [-0.4, -0.2) is 26.2 Å². The molecule has 2 heterocycles. The quantitative estimate of drug-likeness (QED) is 0.594. The van der Waals surface area contributed by atoms with Crippen molar-refractivity contribution < 1.29 is 13.9 Å². The Balaban J connectivity index is 2.20. The largest absolute Gasteiger partial charge is 0.465 e. The Morgan fingerprint density at radius 3 is 2.89 bits per heavy atom. The number of benzene rings is 1. The van der Waals surface area contributed by atoms with Crippen LogP contribution in [0.5, 0.6) is 0 Å². The first-order chi connectivity index (χ1) is 8.74. The minimum absolute atomic E-state index is 0.416. The molecule has 0 unspecified atom stereocenters. The molecule has 0 radical (unpaired) electrons. The molecule has 5 nitrogen and oxygen atoms in total. The standard InChI is InChI=1S/C13H10N2O3/c1-17-13(16)8-2-3-11-9(6-8)10(7-14)12(18-11)15-4-5-15/h2-3,6H,4-5H2,1H3. The summed E-state index contributed by atoms with van der Waals surface area (Å²) in [6.45, 7) is 1.80. The Labute approximate surface area is 103 Å². The average molecular weight is 242 g/mol. The van der Waals surface area contributed by atoms with E-state index in [0.717, 1.165) is 13.1 Å². The van der Waals surface area contributed by atoms with E-state index in [4.69, 9.17) is 4.42 Å². The number of nitrogens with zero attached hydrogens (tertiary/aromatic N) is 2. The minimum Gasteiger partial charge on any atom is -0.465 e.